The van der Waals surface area contributed by atoms with Crippen LogP contribution in [0.1, 0.15) is 31.1 Å². The van der Waals surface area contributed by atoms with E-state index >= 15 is 0 Å². The molecule has 0 unspecified atom stereocenters. The SMILES string of the molecule is CC(C)(C)OC(=O)COCCOCCOCCOCCOCCOCCOCCOCCOCCOc1ccc(C=O)cc1. The predicted molar refractivity (Wildman–Crippen MR) is 161 cm³/mol. The Morgan fingerprint density at radius 3 is 1.16 bits per heavy atom. The molecule has 1 rings (SSSR count). The van der Waals surface area contributed by atoms with Crippen molar-refractivity contribution in [1.29, 1.82) is 0 Å². The van der Waals surface area contributed by atoms with E-state index < -0.39 is 5.60 Å². The summed E-state index contributed by atoms with van der Waals surface area (Å²) in [5, 5.41) is 0. The van der Waals surface area contributed by atoms with Crippen molar-refractivity contribution in [3.05, 3.63) is 29.8 Å². The molecule has 0 amide bonds. The van der Waals surface area contributed by atoms with Crippen LogP contribution in [0.4, 0.5) is 0 Å². The van der Waals surface area contributed by atoms with Crippen LogP contribution in [0.5, 0.6) is 5.75 Å². The fourth-order valence-corrected chi connectivity index (χ4v) is 3.15. The molecule has 0 saturated heterocycles. The second-order valence-electron chi connectivity index (χ2n) is 10.1. The number of ether oxygens (including phenoxy) is 11. The molecule has 13 heteroatoms. The van der Waals surface area contributed by atoms with E-state index in [4.69, 9.17) is 52.1 Å². The molecule has 0 fully saturated rings. The molecule has 0 aliphatic carbocycles. The van der Waals surface area contributed by atoms with Gasteiger partial charge in [0.2, 0.25) is 0 Å². The van der Waals surface area contributed by atoms with Gasteiger partial charge < -0.3 is 52.1 Å². The van der Waals surface area contributed by atoms with Crippen molar-refractivity contribution in [2.45, 2.75) is 26.4 Å². The molecule has 0 atom stereocenters. The molecule has 0 heterocycles. The predicted octanol–water partition coefficient (Wildman–Crippen LogP) is 2.37. The van der Waals surface area contributed by atoms with Gasteiger partial charge in [-0.2, -0.15) is 0 Å². The third-order valence-corrected chi connectivity index (χ3v) is 5.13. The van der Waals surface area contributed by atoms with Gasteiger partial charge in [0, 0.05) is 5.56 Å². The summed E-state index contributed by atoms with van der Waals surface area (Å²) in [6.07, 6.45) is 0.795. The van der Waals surface area contributed by atoms with Crippen LogP contribution < -0.4 is 4.74 Å². The molecule has 44 heavy (non-hydrogen) atoms. The van der Waals surface area contributed by atoms with Gasteiger partial charge in [0.1, 0.15) is 30.9 Å². The Hall–Kier alpha value is -2.20. The van der Waals surface area contributed by atoms with Gasteiger partial charge >= 0.3 is 5.97 Å². The minimum Gasteiger partial charge on any atom is -0.491 e. The van der Waals surface area contributed by atoms with Crippen molar-refractivity contribution < 1.29 is 61.7 Å². The minimum absolute atomic E-state index is 0.0857. The quantitative estimate of drug-likeness (QED) is 0.0674. The molecule has 0 aliphatic rings. The first-order valence-electron chi connectivity index (χ1n) is 15.0. The highest BCUT2D eigenvalue weighted by atomic mass is 16.6. The number of benzene rings is 1. The second-order valence-corrected chi connectivity index (χ2v) is 10.1. The van der Waals surface area contributed by atoms with Crippen LogP contribution in [0.25, 0.3) is 0 Å². The van der Waals surface area contributed by atoms with Crippen molar-refractivity contribution in [2.24, 2.45) is 0 Å². The first kappa shape index (κ1) is 39.8. The summed E-state index contributed by atoms with van der Waals surface area (Å²) in [4.78, 5) is 22.1. The summed E-state index contributed by atoms with van der Waals surface area (Å²) in [5.74, 6) is 0.311. The van der Waals surface area contributed by atoms with Gasteiger partial charge in [0.25, 0.3) is 0 Å². The monoisotopic (exact) mass is 632 g/mol. The van der Waals surface area contributed by atoms with Crippen LogP contribution in [0.15, 0.2) is 24.3 Å². The van der Waals surface area contributed by atoms with E-state index in [0.717, 1.165) is 6.29 Å². The Morgan fingerprint density at radius 2 is 0.841 bits per heavy atom. The molecule has 1 aromatic carbocycles. The third kappa shape index (κ3) is 27.4. The number of carbonyl (C=O) groups is 2. The molecule has 0 bridgehead atoms. The number of esters is 1. The second kappa shape index (κ2) is 28.3. The van der Waals surface area contributed by atoms with Crippen LogP contribution in [0.2, 0.25) is 0 Å². The van der Waals surface area contributed by atoms with Gasteiger partial charge in [-0.1, -0.05) is 0 Å². The standard InChI is InChI=1S/C31H52O13/c1-31(2,3)44-30(33)27-42-23-22-40-19-18-38-15-14-36-11-10-34-8-9-35-12-13-37-16-17-39-20-21-41-24-25-43-29-6-4-28(26-32)5-7-29/h4-7,26H,8-25,27H2,1-3H3. The summed E-state index contributed by atoms with van der Waals surface area (Å²) in [6, 6.07) is 6.92. The van der Waals surface area contributed by atoms with E-state index in [2.05, 4.69) is 0 Å². The lowest BCUT2D eigenvalue weighted by Gasteiger charge is -2.19. The number of carbonyl (C=O) groups excluding carboxylic acids is 2. The number of aldehydes is 1. The van der Waals surface area contributed by atoms with E-state index in [9.17, 15) is 9.59 Å². The first-order valence-corrected chi connectivity index (χ1v) is 15.0. The Morgan fingerprint density at radius 1 is 0.523 bits per heavy atom. The van der Waals surface area contributed by atoms with E-state index in [0.29, 0.717) is 130 Å². The Balaban J connectivity index is 1.67. The summed E-state index contributed by atoms with van der Waals surface area (Å²) in [6.45, 7) is 13.6. The Labute approximate surface area is 261 Å². The lowest BCUT2D eigenvalue weighted by molar-refractivity contribution is -0.160. The summed E-state index contributed by atoms with van der Waals surface area (Å²) in [7, 11) is 0. The van der Waals surface area contributed by atoms with Crippen molar-refractivity contribution in [1.82, 2.24) is 0 Å². The molecule has 0 N–H and O–H groups in total. The van der Waals surface area contributed by atoms with Crippen LogP contribution in [0.3, 0.4) is 0 Å². The maximum atomic E-state index is 11.5. The maximum absolute atomic E-state index is 11.5. The molecule has 0 spiro atoms. The molecule has 13 nitrogen and oxygen atoms in total. The number of rotatable bonds is 31. The van der Waals surface area contributed by atoms with E-state index in [1.54, 1.807) is 24.3 Å². The highest BCUT2D eigenvalue weighted by molar-refractivity contribution is 5.74. The minimum atomic E-state index is -0.513. The maximum Gasteiger partial charge on any atom is 0.332 e. The van der Waals surface area contributed by atoms with Gasteiger partial charge in [0.15, 0.2) is 0 Å². The molecule has 254 valence electrons. The van der Waals surface area contributed by atoms with Crippen molar-refractivity contribution in [3.63, 3.8) is 0 Å². The normalized spacial score (nSPS) is 11.5. The van der Waals surface area contributed by atoms with E-state index in [1.165, 1.54) is 0 Å². The lowest BCUT2D eigenvalue weighted by Crippen LogP contribution is -2.27. The number of hydrogen-bond donors (Lipinski definition) is 0. The molecule has 0 aromatic heterocycles. The molecule has 0 radical (unpaired) electrons. The smallest absolute Gasteiger partial charge is 0.332 e. The lowest BCUT2D eigenvalue weighted by atomic mass is 10.2. The van der Waals surface area contributed by atoms with Gasteiger partial charge in [-0.25, -0.2) is 4.79 Å². The molecule has 0 saturated carbocycles. The van der Waals surface area contributed by atoms with Crippen LogP contribution in [-0.2, 0) is 52.2 Å². The molecular weight excluding hydrogens is 580 g/mol. The summed E-state index contributed by atoms with van der Waals surface area (Å²) >= 11 is 0. The zero-order valence-corrected chi connectivity index (χ0v) is 26.6. The Kier molecular flexibility index (Phi) is 25.6. The summed E-state index contributed by atoms with van der Waals surface area (Å²) < 4.78 is 59.4. The zero-order chi connectivity index (χ0) is 32.0. The summed E-state index contributed by atoms with van der Waals surface area (Å²) in [5.41, 5.74) is 0.102. The average molecular weight is 633 g/mol. The van der Waals surface area contributed by atoms with Gasteiger partial charge in [-0.05, 0) is 45.0 Å². The van der Waals surface area contributed by atoms with Crippen molar-refractivity contribution >= 4 is 12.3 Å². The van der Waals surface area contributed by atoms with Gasteiger partial charge in [0.05, 0.1) is 112 Å². The van der Waals surface area contributed by atoms with Crippen molar-refractivity contribution in [3.8, 4) is 5.75 Å². The van der Waals surface area contributed by atoms with Crippen LogP contribution in [-0.4, -0.2) is 143 Å². The topological polar surface area (TPSA) is 136 Å². The third-order valence-electron chi connectivity index (χ3n) is 5.13. The van der Waals surface area contributed by atoms with Crippen LogP contribution >= 0.6 is 0 Å². The highest BCUT2D eigenvalue weighted by Crippen LogP contribution is 2.10. The molecule has 1 aromatic rings. The van der Waals surface area contributed by atoms with Gasteiger partial charge in [-0.15, -0.1) is 0 Å². The van der Waals surface area contributed by atoms with Crippen molar-refractivity contribution in [2.75, 3.05) is 126 Å². The zero-order valence-electron chi connectivity index (χ0n) is 26.6. The first-order chi connectivity index (χ1) is 21.4. The Bertz CT molecular complexity index is 799. The number of hydrogen-bond acceptors (Lipinski definition) is 13. The molecule has 0 aliphatic heterocycles. The van der Waals surface area contributed by atoms with E-state index in [-0.39, 0.29) is 12.6 Å². The largest absolute Gasteiger partial charge is 0.491 e. The van der Waals surface area contributed by atoms with E-state index in [1.807, 2.05) is 20.8 Å². The fraction of sp³-hybridized carbons (Fsp3) is 0.742. The van der Waals surface area contributed by atoms with Gasteiger partial charge in [-0.3, -0.25) is 4.79 Å². The highest BCUT2D eigenvalue weighted by Gasteiger charge is 2.15. The fourth-order valence-electron chi connectivity index (χ4n) is 3.15. The molecular formula is C31H52O13. The van der Waals surface area contributed by atoms with Crippen LogP contribution in [0, 0.1) is 0 Å². The average Bonchev–Trinajstić information content (AvgIpc) is 2.99.